The summed E-state index contributed by atoms with van der Waals surface area (Å²) < 4.78 is 27.1. The second-order valence-electron chi connectivity index (χ2n) is 3.99. The lowest BCUT2D eigenvalue weighted by Gasteiger charge is -2.06. The molecule has 8 heteroatoms. The molecule has 108 valence electrons. The van der Waals surface area contributed by atoms with Gasteiger partial charge in [-0.05, 0) is 17.2 Å². The number of halogens is 2. The van der Waals surface area contributed by atoms with E-state index in [0.29, 0.717) is 4.34 Å². The van der Waals surface area contributed by atoms with Gasteiger partial charge in [0.25, 0.3) is 0 Å². The third-order valence-electron chi connectivity index (χ3n) is 2.59. The molecule has 20 heavy (non-hydrogen) atoms. The Bertz CT molecular complexity index is 696. The number of benzene rings is 1. The third-order valence-corrected chi connectivity index (χ3v) is 5.74. The van der Waals surface area contributed by atoms with Gasteiger partial charge in [0.1, 0.15) is 9.23 Å². The summed E-state index contributed by atoms with van der Waals surface area (Å²) in [6.45, 7) is 0.0901. The summed E-state index contributed by atoms with van der Waals surface area (Å²) >= 11 is 12.6. The van der Waals surface area contributed by atoms with E-state index in [9.17, 15) is 8.42 Å². The first kappa shape index (κ1) is 15.8. The van der Waals surface area contributed by atoms with Gasteiger partial charge in [0.15, 0.2) is 0 Å². The number of rotatable bonds is 5. The number of hydrogen-bond donors (Lipinski definition) is 2. The Morgan fingerprint density at radius 3 is 2.25 bits per heavy atom. The van der Waals surface area contributed by atoms with E-state index in [0.717, 1.165) is 22.5 Å². The molecular formula is C12H11Cl2NO3S2. The average molecular weight is 352 g/mol. The summed E-state index contributed by atoms with van der Waals surface area (Å²) in [7, 11) is -3.69. The topological polar surface area (TPSA) is 66.4 Å². The monoisotopic (exact) mass is 351 g/mol. The SMILES string of the molecule is O=S(=O)(NCc1ccc(CO)cc1)c1cc(Cl)sc1Cl. The van der Waals surface area contributed by atoms with Crippen molar-refractivity contribution >= 4 is 44.6 Å². The fourth-order valence-corrected chi connectivity index (χ4v) is 4.69. The molecule has 1 aromatic heterocycles. The molecule has 0 unspecified atom stereocenters. The fourth-order valence-electron chi connectivity index (χ4n) is 1.53. The number of sulfonamides is 1. The number of aliphatic hydroxyl groups is 1. The maximum absolute atomic E-state index is 12.1. The van der Waals surface area contributed by atoms with Crippen LogP contribution in [-0.2, 0) is 23.2 Å². The Balaban J connectivity index is 2.11. The molecule has 2 N–H and O–H groups in total. The third kappa shape index (κ3) is 3.72. The molecular weight excluding hydrogens is 341 g/mol. The highest BCUT2D eigenvalue weighted by Crippen LogP contribution is 2.34. The minimum atomic E-state index is -3.69. The normalized spacial score (nSPS) is 11.8. The molecule has 0 spiro atoms. The molecule has 0 radical (unpaired) electrons. The van der Waals surface area contributed by atoms with Crippen LogP contribution in [0.4, 0.5) is 0 Å². The van der Waals surface area contributed by atoms with Gasteiger partial charge in [0, 0.05) is 6.54 Å². The van der Waals surface area contributed by atoms with E-state index in [2.05, 4.69) is 4.72 Å². The summed E-state index contributed by atoms with van der Waals surface area (Å²) in [6.07, 6.45) is 0. The molecule has 0 saturated carbocycles. The van der Waals surface area contributed by atoms with Crippen molar-refractivity contribution in [3.8, 4) is 0 Å². The smallest absolute Gasteiger partial charge is 0.243 e. The summed E-state index contributed by atoms with van der Waals surface area (Å²) in [5.41, 5.74) is 1.55. The molecule has 2 aromatic rings. The largest absolute Gasteiger partial charge is 0.392 e. The molecule has 1 aromatic carbocycles. The maximum atomic E-state index is 12.1. The lowest BCUT2D eigenvalue weighted by molar-refractivity contribution is 0.282. The maximum Gasteiger partial charge on any atom is 0.243 e. The van der Waals surface area contributed by atoms with Gasteiger partial charge in [-0.3, -0.25) is 0 Å². The van der Waals surface area contributed by atoms with Crippen LogP contribution in [-0.4, -0.2) is 13.5 Å². The zero-order valence-corrected chi connectivity index (χ0v) is 13.3. The molecule has 0 amide bonds. The van der Waals surface area contributed by atoms with Gasteiger partial charge in [0.2, 0.25) is 10.0 Å². The number of aliphatic hydroxyl groups excluding tert-OH is 1. The van der Waals surface area contributed by atoms with Crippen molar-refractivity contribution in [1.82, 2.24) is 4.72 Å². The van der Waals surface area contributed by atoms with Crippen molar-refractivity contribution in [2.45, 2.75) is 18.0 Å². The summed E-state index contributed by atoms with van der Waals surface area (Å²) in [4.78, 5) is -0.0128. The van der Waals surface area contributed by atoms with Gasteiger partial charge < -0.3 is 5.11 Å². The highest BCUT2D eigenvalue weighted by atomic mass is 35.5. The zero-order chi connectivity index (χ0) is 14.8. The lowest BCUT2D eigenvalue weighted by atomic mass is 10.1. The van der Waals surface area contributed by atoms with E-state index in [1.165, 1.54) is 6.07 Å². The van der Waals surface area contributed by atoms with Crippen molar-refractivity contribution < 1.29 is 13.5 Å². The van der Waals surface area contributed by atoms with Crippen molar-refractivity contribution in [2.75, 3.05) is 0 Å². The van der Waals surface area contributed by atoms with E-state index in [1.807, 2.05) is 0 Å². The molecule has 0 aliphatic carbocycles. The number of hydrogen-bond acceptors (Lipinski definition) is 4. The Kier molecular flexibility index (Phi) is 5.06. The number of nitrogens with one attached hydrogen (secondary N) is 1. The summed E-state index contributed by atoms with van der Waals surface area (Å²) in [5.74, 6) is 0. The molecule has 4 nitrogen and oxygen atoms in total. The van der Waals surface area contributed by atoms with E-state index in [4.69, 9.17) is 28.3 Å². The first-order valence-electron chi connectivity index (χ1n) is 5.55. The van der Waals surface area contributed by atoms with E-state index in [1.54, 1.807) is 24.3 Å². The van der Waals surface area contributed by atoms with E-state index < -0.39 is 10.0 Å². The molecule has 0 bridgehead atoms. The molecule has 0 fully saturated rings. The van der Waals surface area contributed by atoms with Gasteiger partial charge in [-0.2, -0.15) is 0 Å². The lowest BCUT2D eigenvalue weighted by Crippen LogP contribution is -2.23. The predicted molar refractivity (Wildman–Crippen MR) is 80.7 cm³/mol. The average Bonchev–Trinajstić information content (AvgIpc) is 2.77. The van der Waals surface area contributed by atoms with Crippen LogP contribution in [0.2, 0.25) is 8.67 Å². The van der Waals surface area contributed by atoms with Crippen LogP contribution in [0.5, 0.6) is 0 Å². The van der Waals surface area contributed by atoms with Crippen LogP contribution in [0, 0.1) is 0 Å². The Hall–Kier alpha value is -0.630. The summed E-state index contributed by atoms with van der Waals surface area (Å²) in [6, 6.07) is 8.29. The molecule has 2 rings (SSSR count). The van der Waals surface area contributed by atoms with Gasteiger partial charge in [-0.15, -0.1) is 11.3 Å². The predicted octanol–water partition coefficient (Wildman–Crippen LogP) is 3.03. The number of thiophene rings is 1. The second-order valence-corrected chi connectivity index (χ2v) is 8.01. The Morgan fingerprint density at radius 1 is 1.15 bits per heavy atom. The van der Waals surface area contributed by atoms with Crippen molar-refractivity contribution in [3.05, 3.63) is 50.1 Å². The van der Waals surface area contributed by atoms with Gasteiger partial charge >= 0.3 is 0 Å². The first-order valence-corrected chi connectivity index (χ1v) is 8.61. The van der Waals surface area contributed by atoms with Crippen LogP contribution in [0.25, 0.3) is 0 Å². The minimum Gasteiger partial charge on any atom is -0.392 e. The van der Waals surface area contributed by atoms with E-state index >= 15 is 0 Å². The van der Waals surface area contributed by atoms with Gasteiger partial charge in [-0.25, -0.2) is 13.1 Å². The molecule has 0 aliphatic rings. The van der Waals surface area contributed by atoms with Crippen LogP contribution in [0.1, 0.15) is 11.1 Å². The highest BCUT2D eigenvalue weighted by Gasteiger charge is 2.20. The molecule has 0 aliphatic heterocycles. The fraction of sp³-hybridized carbons (Fsp3) is 0.167. The Labute approximate surface area is 131 Å². The second kappa shape index (κ2) is 6.43. The van der Waals surface area contributed by atoms with E-state index in [-0.39, 0.29) is 22.4 Å². The van der Waals surface area contributed by atoms with Crippen molar-refractivity contribution in [2.24, 2.45) is 0 Å². The van der Waals surface area contributed by atoms with Crippen molar-refractivity contribution in [3.63, 3.8) is 0 Å². The highest BCUT2D eigenvalue weighted by molar-refractivity contribution is 7.89. The molecule has 1 heterocycles. The van der Waals surface area contributed by atoms with Crippen LogP contribution >= 0.6 is 34.5 Å². The quantitative estimate of drug-likeness (QED) is 0.869. The standard InChI is InChI=1S/C12H11Cl2NO3S2/c13-11-5-10(12(14)19-11)20(17,18)15-6-8-1-3-9(7-16)4-2-8/h1-5,15-16H,6-7H2. The minimum absolute atomic E-state index is 0.0128. The first-order chi connectivity index (χ1) is 9.42. The molecule has 0 atom stereocenters. The van der Waals surface area contributed by atoms with Gasteiger partial charge in [-0.1, -0.05) is 47.5 Å². The van der Waals surface area contributed by atoms with Gasteiger partial charge in [0.05, 0.1) is 10.9 Å². The van der Waals surface area contributed by atoms with Crippen LogP contribution in [0.15, 0.2) is 35.2 Å². The molecule has 0 saturated heterocycles. The van der Waals surface area contributed by atoms with Crippen LogP contribution < -0.4 is 4.72 Å². The van der Waals surface area contributed by atoms with Crippen LogP contribution in [0.3, 0.4) is 0 Å². The summed E-state index contributed by atoms with van der Waals surface area (Å²) in [5, 5.41) is 8.93. The van der Waals surface area contributed by atoms with Crippen molar-refractivity contribution in [1.29, 1.82) is 0 Å². The zero-order valence-electron chi connectivity index (χ0n) is 10.1. The Morgan fingerprint density at radius 2 is 1.75 bits per heavy atom.